The number of ether oxygens (including phenoxy) is 1. The lowest BCUT2D eigenvalue weighted by Crippen LogP contribution is -2.13. The molecule has 17 heavy (non-hydrogen) atoms. The van der Waals surface area contributed by atoms with Gasteiger partial charge in [0.2, 0.25) is 10.0 Å². The summed E-state index contributed by atoms with van der Waals surface area (Å²) in [5, 5.41) is 13.5. The van der Waals surface area contributed by atoms with Crippen molar-refractivity contribution in [2.75, 3.05) is 7.11 Å². The highest BCUT2D eigenvalue weighted by molar-refractivity contribution is 7.89. The third kappa shape index (κ3) is 3.58. The van der Waals surface area contributed by atoms with Gasteiger partial charge in [-0.25, -0.2) is 18.4 Å². The SMILES string of the molecule is COc1ccc(/C=C/C(=O)O)cc1S(N)(=O)=O. The van der Waals surface area contributed by atoms with Crippen LogP contribution in [0.1, 0.15) is 5.56 Å². The second-order valence-electron chi connectivity index (χ2n) is 3.13. The third-order valence-electron chi connectivity index (χ3n) is 1.91. The van der Waals surface area contributed by atoms with Gasteiger partial charge in [-0.1, -0.05) is 6.07 Å². The van der Waals surface area contributed by atoms with Crippen LogP contribution in [0.5, 0.6) is 5.75 Å². The Morgan fingerprint density at radius 3 is 2.59 bits per heavy atom. The Morgan fingerprint density at radius 1 is 1.47 bits per heavy atom. The quantitative estimate of drug-likeness (QED) is 0.761. The number of nitrogens with two attached hydrogens (primary N) is 1. The molecule has 1 aromatic carbocycles. The van der Waals surface area contributed by atoms with Crippen LogP contribution in [-0.2, 0) is 14.8 Å². The van der Waals surface area contributed by atoms with E-state index in [9.17, 15) is 13.2 Å². The maximum absolute atomic E-state index is 11.3. The van der Waals surface area contributed by atoms with E-state index in [1.807, 2.05) is 0 Å². The van der Waals surface area contributed by atoms with E-state index in [1.165, 1.54) is 31.4 Å². The van der Waals surface area contributed by atoms with Gasteiger partial charge in [0, 0.05) is 6.08 Å². The molecule has 3 N–H and O–H groups in total. The highest BCUT2D eigenvalue weighted by Gasteiger charge is 2.14. The Hall–Kier alpha value is -1.86. The number of primary sulfonamides is 1. The van der Waals surface area contributed by atoms with Crippen molar-refractivity contribution in [2.45, 2.75) is 4.90 Å². The maximum atomic E-state index is 11.3. The summed E-state index contributed by atoms with van der Waals surface area (Å²) in [7, 11) is -2.60. The zero-order valence-corrected chi connectivity index (χ0v) is 9.77. The van der Waals surface area contributed by atoms with Gasteiger partial charge in [0.15, 0.2) is 0 Å². The first-order valence-corrected chi connectivity index (χ1v) is 6.01. The fourth-order valence-corrected chi connectivity index (χ4v) is 1.92. The van der Waals surface area contributed by atoms with Crippen LogP contribution in [0, 0.1) is 0 Å². The van der Waals surface area contributed by atoms with Crippen molar-refractivity contribution in [3.05, 3.63) is 29.8 Å². The monoisotopic (exact) mass is 257 g/mol. The Balaban J connectivity index is 3.28. The topological polar surface area (TPSA) is 107 Å². The summed E-state index contributed by atoms with van der Waals surface area (Å²) in [6.45, 7) is 0. The van der Waals surface area contributed by atoms with Crippen molar-refractivity contribution < 1.29 is 23.1 Å². The normalized spacial score (nSPS) is 11.6. The number of hydrogen-bond acceptors (Lipinski definition) is 4. The molecule has 0 atom stereocenters. The average Bonchev–Trinajstić information content (AvgIpc) is 2.24. The van der Waals surface area contributed by atoms with Crippen molar-refractivity contribution in [1.82, 2.24) is 0 Å². The van der Waals surface area contributed by atoms with Gasteiger partial charge in [-0.05, 0) is 23.8 Å². The zero-order valence-electron chi connectivity index (χ0n) is 8.95. The number of carbonyl (C=O) groups is 1. The first kappa shape index (κ1) is 13.2. The van der Waals surface area contributed by atoms with Gasteiger partial charge in [-0.2, -0.15) is 0 Å². The molecule has 0 unspecified atom stereocenters. The summed E-state index contributed by atoms with van der Waals surface area (Å²) in [5.74, 6) is -1.02. The molecule has 0 aliphatic rings. The molecule has 0 bridgehead atoms. The zero-order chi connectivity index (χ0) is 13.1. The molecule has 92 valence electrons. The van der Waals surface area contributed by atoms with E-state index in [0.717, 1.165) is 6.08 Å². The Kier molecular flexibility index (Phi) is 3.87. The molecule has 0 aliphatic carbocycles. The molecular weight excluding hydrogens is 246 g/mol. The minimum absolute atomic E-state index is 0.111. The van der Waals surface area contributed by atoms with Crippen molar-refractivity contribution in [2.24, 2.45) is 5.14 Å². The highest BCUT2D eigenvalue weighted by Crippen LogP contribution is 2.24. The van der Waals surface area contributed by atoms with Crippen molar-refractivity contribution in [3.8, 4) is 5.75 Å². The summed E-state index contributed by atoms with van der Waals surface area (Å²) in [5.41, 5.74) is 0.400. The molecule has 1 aromatic rings. The lowest BCUT2D eigenvalue weighted by atomic mass is 10.2. The Morgan fingerprint density at radius 2 is 2.12 bits per heavy atom. The molecule has 7 heteroatoms. The molecule has 0 heterocycles. The first-order chi connectivity index (χ1) is 7.84. The van der Waals surface area contributed by atoms with Gasteiger partial charge < -0.3 is 9.84 Å². The van der Waals surface area contributed by atoms with Gasteiger partial charge in [0.05, 0.1) is 7.11 Å². The molecule has 0 spiro atoms. The summed E-state index contributed by atoms with van der Waals surface area (Å²) < 4.78 is 27.4. The molecule has 0 fully saturated rings. The number of rotatable bonds is 4. The summed E-state index contributed by atoms with van der Waals surface area (Å²) in [6, 6.07) is 4.17. The predicted molar refractivity (Wildman–Crippen MR) is 61.0 cm³/mol. The molecule has 0 aliphatic heterocycles. The van der Waals surface area contributed by atoms with Crippen molar-refractivity contribution in [3.63, 3.8) is 0 Å². The minimum Gasteiger partial charge on any atom is -0.495 e. The second kappa shape index (κ2) is 4.98. The third-order valence-corrected chi connectivity index (χ3v) is 2.84. The van der Waals surface area contributed by atoms with Crippen LogP contribution in [0.25, 0.3) is 6.08 Å². The fraction of sp³-hybridized carbons (Fsp3) is 0.100. The smallest absolute Gasteiger partial charge is 0.328 e. The largest absolute Gasteiger partial charge is 0.495 e. The number of methoxy groups -OCH3 is 1. The molecule has 1 rings (SSSR count). The van der Waals surface area contributed by atoms with E-state index in [-0.39, 0.29) is 10.6 Å². The lowest BCUT2D eigenvalue weighted by molar-refractivity contribution is -0.131. The average molecular weight is 257 g/mol. The number of carboxylic acid groups (broad SMARTS) is 1. The van der Waals surface area contributed by atoms with Gasteiger partial charge in [-0.3, -0.25) is 0 Å². The van der Waals surface area contributed by atoms with E-state index in [4.69, 9.17) is 15.0 Å². The van der Waals surface area contributed by atoms with E-state index >= 15 is 0 Å². The van der Waals surface area contributed by atoms with Crippen molar-refractivity contribution >= 4 is 22.1 Å². The van der Waals surface area contributed by atoms with Crippen LogP contribution in [0.2, 0.25) is 0 Å². The second-order valence-corrected chi connectivity index (χ2v) is 4.66. The van der Waals surface area contributed by atoms with Crippen LogP contribution >= 0.6 is 0 Å². The number of benzene rings is 1. The van der Waals surface area contributed by atoms with Crippen LogP contribution < -0.4 is 9.88 Å². The highest BCUT2D eigenvalue weighted by atomic mass is 32.2. The fourth-order valence-electron chi connectivity index (χ4n) is 1.19. The van der Waals surface area contributed by atoms with Crippen LogP contribution in [0.3, 0.4) is 0 Å². The number of hydrogen-bond donors (Lipinski definition) is 2. The predicted octanol–water partition coefficient (Wildman–Crippen LogP) is 0.440. The van der Waals surface area contributed by atoms with E-state index in [2.05, 4.69) is 0 Å². The standard InChI is InChI=1S/C10H11NO5S/c1-16-8-4-2-7(3-5-10(12)13)6-9(8)17(11,14)15/h2-6H,1H3,(H,12,13)(H2,11,14,15)/b5-3+. The van der Waals surface area contributed by atoms with E-state index in [0.29, 0.717) is 5.56 Å². The van der Waals surface area contributed by atoms with E-state index < -0.39 is 16.0 Å². The molecule has 0 saturated carbocycles. The Bertz CT molecular complexity index is 562. The molecule has 0 aromatic heterocycles. The minimum atomic E-state index is -3.91. The van der Waals surface area contributed by atoms with Gasteiger partial charge in [-0.15, -0.1) is 0 Å². The van der Waals surface area contributed by atoms with Gasteiger partial charge in [0.25, 0.3) is 0 Å². The maximum Gasteiger partial charge on any atom is 0.328 e. The molecule has 0 saturated heterocycles. The summed E-state index contributed by atoms with van der Waals surface area (Å²) >= 11 is 0. The van der Waals surface area contributed by atoms with E-state index in [1.54, 1.807) is 0 Å². The van der Waals surface area contributed by atoms with Crippen LogP contribution in [0.15, 0.2) is 29.2 Å². The van der Waals surface area contributed by atoms with Gasteiger partial charge >= 0.3 is 5.97 Å². The molecule has 0 amide bonds. The summed E-state index contributed by atoms with van der Waals surface area (Å²) in [6.07, 6.45) is 2.16. The molecular formula is C10H11NO5S. The lowest BCUT2D eigenvalue weighted by Gasteiger charge is -2.07. The molecule has 0 radical (unpaired) electrons. The number of carboxylic acids is 1. The number of aliphatic carboxylic acids is 1. The van der Waals surface area contributed by atoms with Gasteiger partial charge in [0.1, 0.15) is 10.6 Å². The first-order valence-electron chi connectivity index (χ1n) is 4.46. The Labute approximate surface area is 98.4 Å². The van der Waals surface area contributed by atoms with Crippen molar-refractivity contribution in [1.29, 1.82) is 0 Å². The summed E-state index contributed by atoms with van der Waals surface area (Å²) in [4.78, 5) is 10.1. The van der Waals surface area contributed by atoms with Crippen LogP contribution in [-0.4, -0.2) is 26.6 Å². The molecule has 6 nitrogen and oxygen atoms in total. The number of sulfonamides is 1. The van der Waals surface area contributed by atoms with Crippen LogP contribution in [0.4, 0.5) is 0 Å².